The van der Waals surface area contributed by atoms with Crippen molar-refractivity contribution in [3.8, 4) is 11.5 Å². The summed E-state index contributed by atoms with van der Waals surface area (Å²) in [6.45, 7) is 5.69. The van der Waals surface area contributed by atoms with E-state index >= 15 is 0 Å². The van der Waals surface area contributed by atoms with E-state index in [2.05, 4.69) is 30.9 Å². The van der Waals surface area contributed by atoms with Crippen LogP contribution < -0.4 is 14.4 Å². The first-order chi connectivity index (χ1) is 14.4. The maximum atomic E-state index is 13.1. The highest BCUT2D eigenvalue weighted by atomic mass is 32.1. The summed E-state index contributed by atoms with van der Waals surface area (Å²) in [5, 5.41) is 0.723. The summed E-state index contributed by atoms with van der Waals surface area (Å²) in [6, 6.07) is 9.86. The number of carbonyl (C=O) groups is 1. The van der Waals surface area contributed by atoms with E-state index in [0.29, 0.717) is 12.3 Å². The Morgan fingerprint density at radius 2 is 1.93 bits per heavy atom. The van der Waals surface area contributed by atoms with E-state index < -0.39 is 0 Å². The highest BCUT2D eigenvalue weighted by Gasteiger charge is 2.19. The first-order valence-corrected chi connectivity index (χ1v) is 10.6. The van der Waals surface area contributed by atoms with Crippen LogP contribution in [0.3, 0.4) is 0 Å². The third-order valence-corrected chi connectivity index (χ3v) is 6.12. The highest BCUT2D eigenvalue weighted by Crippen LogP contribution is 2.34. The van der Waals surface area contributed by atoms with Crippen LogP contribution in [0.1, 0.15) is 16.7 Å². The molecule has 2 heterocycles. The number of likely N-dealkylation sites (N-methyl/N-ethyl adjacent to an activating group) is 1. The van der Waals surface area contributed by atoms with Gasteiger partial charge in [0, 0.05) is 19.2 Å². The minimum Gasteiger partial charge on any atom is -0.454 e. The lowest BCUT2D eigenvalue weighted by molar-refractivity contribution is -0.114. The number of fused-ring (bicyclic) bond motifs is 2. The fourth-order valence-electron chi connectivity index (χ4n) is 3.35. The molecule has 30 heavy (non-hydrogen) atoms. The number of thiazole rings is 1. The Morgan fingerprint density at radius 3 is 2.73 bits per heavy atom. The summed E-state index contributed by atoms with van der Waals surface area (Å²) in [4.78, 5) is 21.7. The van der Waals surface area contributed by atoms with Crippen LogP contribution in [0.4, 0.5) is 5.13 Å². The molecule has 0 N–H and O–H groups in total. The van der Waals surface area contributed by atoms with Crippen molar-refractivity contribution in [2.75, 3.05) is 38.9 Å². The Bertz CT molecular complexity index is 1120. The molecule has 0 saturated carbocycles. The highest BCUT2D eigenvalue weighted by molar-refractivity contribution is 7.22. The van der Waals surface area contributed by atoms with Crippen molar-refractivity contribution in [1.29, 1.82) is 0 Å². The molecule has 0 saturated heterocycles. The number of anilines is 1. The molecule has 2 aromatic carbocycles. The van der Waals surface area contributed by atoms with Crippen molar-refractivity contribution in [1.82, 2.24) is 9.88 Å². The van der Waals surface area contributed by atoms with Crippen LogP contribution in [0.2, 0.25) is 0 Å². The van der Waals surface area contributed by atoms with Gasteiger partial charge in [0.25, 0.3) is 5.91 Å². The quantitative estimate of drug-likeness (QED) is 0.555. The summed E-state index contributed by atoms with van der Waals surface area (Å²) in [7, 11) is 3.99. The molecule has 6 nitrogen and oxygen atoms in total. The fraction of sp³-hybridized carbons (Fsp3) is 0.304. The van der Waals surface area contributed by atoms with Gasteiger partial charge in [0.2, 0.25) is 6.79 Å². The van der Waals surface area contributed by atoms with E-state index in [9.17, 15) is 4.79 Å². The fourth-order valence-corrected chi connectivity index (χ4v) is 4.40. The number of carbonyl (C=O) groups excluding carboxylic acids is 1. The van der Waals surface area contributed by atoms with Crippen LogP contribution >= 0.6 is 11.3 Å². The summed E-state index contributed by atoms with van der Waals surface area (Å²) in [6.07, 6.45) is 3.40. The molecule has 3 aromatic rings. The van der Waals surface area contributed by atoms with E-state index in [1.165, 1.54) is 11.1 Å². The first-order valence-electron chi connectivity index (χ1n) is 9.82. The van der Waals surface area contributed by atoms with Crippen LogP contribution in [0.5, 0.6) is 11.5 Å². The number of ether oxygens (including phenoxy) is 2. The molecule has 4 rings (SSSR count). The maximum absolute atomic E-state index is 13.1. The van der Waals surface area contributed by atoms with Gasteiger partial charge < -0.3 is 14.4 Å². The molecule has 0 unspecified atom stereocenters. The molecular formula is C23H25N3O3S. The maximum Gasteiger partial charge on any atom is 0.252 e. The topological polar surface area (TPSA) is 54.9 Å². The lowest BCUT2D eigenvalue weighted by Gasteiger charge is -2.20. The van der Waals surface area contributed by atoms with E-state index in [4.69, 9.17) is 14.5 Å². The normalized spacial score (nSPS) is 13.0. The van der Waals surface area contributed by atoms with Crippen molar-refractivity contribution < 1.29 is 14.3 Å². The second-order valence-corrected chi connectivity index (χ2v) is 8.64. The van der Waals surface area contributed by atoms with Gasteiger partial charge in [0.1, 0.15) is 0 Å². The number of hydrogen-bond acceptors (Lipinski definition) is 6. The Hall–Kier alpha value is -2.90. The zero-order chi connectivity index (χ0) is 21.3. The lowest BCUT2D eigenvalue weighted by Crippen LogP contribution is -2.35. The van der Waals surface area contributed by atoms with Crippen molar-refractivity contribution in [2.45, 2.75) is 13.8 Å². The molecule has 0 spiro atoms. The number of aryl methyl sites for hydroxylation is 2. The Labute approximate surface area is 180 Å². The molecule has 0 atom stereocenters. The average Bonchev–Trinajstić information content (AvgIpc) is 3.32. The summed E-state index contributed by atoms with van der Waals surface area (Å²) in [5.41, 5.74) is 4.18. The van der Waals surface area contributed by atoms with Crippen LogP contribution in [0, 0.1) is 13.8 Å². The van der Waals surface area contributed by atoms with Gasteiger partial charge in [-0.3, -0.25) is 9.69 Å². The predicted molar refractivity (Wildman–Crippen MR) is 122 cm³/mol. The average molecular weight is 424 g/mol. The summed E-state index contributed by atoms with van der Waals surface area (Å²) in [5.74, 6) is 1.33. The van der Waals surface area contributed by atoms with Crippen molar-refractivity contribution >= 4 is 38.7 Å². The SMILES string of the molecule is Cc1cc(C)c2sc(N(CCN(C)C)C(=O)/C=C/c3ccc4c(c3)OCO4)nc2c1. The minimum atomic E-state index is -0.0945. The van der Waals surface area contributed by atoms with Crippen LogP contribution in [0.25, 0.3) is 16.3 Å². The van der Waals surface area contributed by atoms with Gasteiger partial charge in [-0.15, -0.1) is 0 Å². The van der Waals surface area contributed by atoms with Crippen LogP contribution in [-0.2, 0) is 4.79 Å². The van der Waals surface area contributed by atoms with E-state index in [0.717, 1.165) is 33.2 Å². The van der Waals surface area contributed by atoms with Crippen molar-refractivity contribution in [2.24, 2.45) is 0 Å². The van der Waals surface area contributed by atoms with E-state index in [-0.39, 0.29) is 12.7 Å². The number of hydrogen-bond donors (Lipinski definition) is 0. The summed E-state index contributed by atoms with van der Waals surface area (Å²) >= 11 is 1.56. The number of aromatic nitrogens is 1. The second kappa shape index (κ2) is 8.45. The number of rotatable bonds is 6. The minimum absolute atomic E-state index is 0.0945. The molecule has 0 radical (unpaired) electrons. The molecule has 156 valence electrons. The zero-order valence-corrected chi connectivity index (χ0v) is 18.5. The van der Waals surface area contributed by atoms with Gasteiger partial charge in [0.15, 0.2) is 16.6 Å². The monoisotopic (exact) mass is 423 g/mol. The Kier molecular flexibility index (Phi) is 5.74. The van der Waals surface area contributed by atoms with Crippen LogP contribution in [0.15, 0.2) is 36.4 Å². The molecule has 7 heteroatoms. The standard InChI is InChI=1S/C23H25N3O3S/c1-15-11-16(2)22-18(12-15)24-23(30-22)26(10-9-25(3)4)21(27)8-6-17-5-7-19-20(13-17)29-14-28-19/h5-8,11-13H,9-10,14H2,1-4H3/b8-6+. The van der Waals surface area contributed by atoms with E-state index in [1.807, 2.05) is 32.3 Å². The lowest BCUT2D eigenvalue weighted by atomic mass is 10.1. The number of nitrogens with zero attached hydrogens (tertiary/aromatic N) is 3. The van der Waals surface area contributed by atoms with Gasteiger partial charge in [-0.05, 0) is 68.9 Å². The Balaban J connectivity index is 1.61. The van der Waals surface area contributed by atoms with Gasteiger partial charge in [-0.2, -0.15) is 0 Å². The largest absolute Gasteiger partial charge is 0.454 e. The Morgan fingerprint density at radius 1 is 1.13 bits per heavy atom. The molecular weight excluding hydrogens is 398 g/mol. The van der Waals surface area contributed by atoms with E-state index in [1.54, 1.807) is 28.4 Å². The third-order valence-electron chi connectivity index (χ3n) is 4.89. The first kappa shape index (κ1) is 20.4. The summed E-state index contributed by atoms with van der Waals surface area (Å²) < 4.78 is 11.9. The number of benzene rings is 2. The molecule has 1 aliphatic heterocycles. The van der Waals surface area contributed by atoms with Crippen LogP contribution in [-0.4, -0.2) is 49.8 Å². The number of amides is 1. The second-order valence-electron chi connectivity index (χ2n) is 7.67. The zero-order valence-electron chi connectivity index (χ0n) is 17.6. The molecule has 1 amide bonds. The van der Waals surface area contributed by atoms with Crippen molar-refractivity contribution in [3.63, 3.8) is 0 Å². The van der Waals surface area contributed by atoms with Crippen molar-refractivity contribution in [3.05, 3.63) is 53.1 Å². The molecule has 1 aromatic heterocycles. The molecule has 1 aliphatic rings. The third kappa shape index (κ3) is 4.32. The molecule has 0 bridgehead atoms. The predicted octanol–water partition coefficient (Wildman–Crippen LogP) is 4.25. The smallest absolute Gasteiger partial charge is 0.252 e. The van der Waals surface area contributed by atoms with Gasteiger partial charge in [-0.1, -0.05) is 23.5 Å². The molecule has 0 fully saturated rings. The van der Waals surface area contributed by atoms with Gasteiger partial charge in [0.05, 0.1) is 10.2 Å². The van der Waals surface area contributed by atoms with Gasteiger partial charge >= 0.3 is 0 Å². The molecule has 0 aliphatic carbocycles. The van der Waals surface area contributed by atoms with Gasteiger partial charge in [-0.25, -0.2) is 4.98 Å².